The van der Waals surface area contributed by atoms with Crippen LogP contribution >= 0.6 is 35.3 Å². The molecule has 3 rings (SSSR count). The van der Waals surface area contributed by atoms with Gasteiger partial charge in [-0.1, -0.05) is 6.42 Å². The highest BCUT2D eigenvalue weighted by molar-refractivity contribution is 7.99. The largest absolute Gasteiger partial charge is 0.331 e. The lowest BCUT2D eigenvalue weighted by Gasteiger charge is -2.21. The molecule has 18 heavy (non-hydrogen) atoms. The van der Waals surface area contributed by atoms with E-state index in [0.29, 0.717) is 10.0 Å². The molecule has 0 radical (unpaired) electrons. The molecule has 1 N–H and O–H groups in total. The molecule has 6 heteroatoms. The number of aromatic nitrogens is 2. The monoisotopic (exact) mass is 298 g/mol. The molecule has 1 fully saturated rings. The smallest absolute Gasteiger partial charge is 0.272 e. The molecule has 0 spiro atoms. The number of hydrogen-bond donors (Lipinski definition) is 1. The van der Waals surface area contributed by atoms with Crippen molar-refractivity contribution in [2.24, 2.45) is 0 Å². The third-order valence-electron chi connectivity index (χ3n) is 3.25. The first kappa shape index (κ1) is 12.4. The van der Waals surface area contributed by atoms with Crippen LogP contribution in [-0.4, -0.2) is 20.6 Å². The summed E-state index contributed by atoms with van der Waals surface area (Å²) in [4.78, 5) is 15.5. The molecule has 1 atom stereocenters. The van der Waals surface area contributed by atoms with E-state index in [4.69, 9.17) is 12.2 Å². The first-order valence-electron chi connectivity index (χ1n) is 6.07. The number of thiophene rings is 1. The van der Waals surface area contributed by atoms with E-state index in [9.17, 15) is 4.79 Å². The second-order valence-electron chi connectivity index (χ2n) is 4.50. The number of nitrogens with zero attached hydrogens (tertiary/aromatic N) is 1. The van der Waals surface area contributed by atoms with Gasteiger partial charge in [0, 0.05) is 11.8 Å². The van der Waals surface area contributed by atoms with Crippen molar-refractivity contribution in [1.82, 2.24) is 9.55 Å². The molecule has 3 nitrogen and oxygen atoms in total. The minimum absolute atomic E-state index is 0.0647. The van der Waals surface area contributed by atoms with Crippen LogP contribution in [-0.2, 0) is 6.54 Å². The fraction of sp³-hybridized carbons (Fsp3) is 0.500. The first-order chi connectivity index (χ1) is 8.75. The number of hydrogen-bond acceptors (Lipinski definition) is 4. The van der Waals surface area contributed by atoms with Gasteiger partial charge < -0.3 is 4.98 Å². The highest BCUT2D eigenvalue weighted by atomic mass is 32.2. The molecule has 0 aromatic carbocycles. The van der Waals surface area contributed by atoms with Crippen molar-refractivity contribution in [3.63, 3.8) is 0 Å². The van der Waals surface area contributed by atoms with Crippen LogP contribution < -0.4 is 5.56 Å². The van der Waals surface area contributed by atoms with E-state index in [1.165, 1.54) is 36.4 Å². The van der Waals surface area contributed by atoms with Crippen LogP contribution in [0.2, 0.25) is 0 Å². The van der Waals surface area contributed by atoms with Gasteiger partial charge in [-0.15, -0.1) is 11.3 Å². The van der Waals surface area contributed by atoms with Crippen LogP contribution in [0.3, 0.4) is 0 Å². The van der Waals surface area contributed by atoms with Crippen molar-refractivity contribution >= 4 is 45.5 Å². The van der Waals surface area contributed by atoms with E-state index in [-0.39, 0.29) is 5.56 Å². The van der Waals surface area contributed by atoms with E-state index in [0.717, 1.165) is 16.8 Å². The third kappa shape index (κ3) is 2.29. The summed E-state index contributed by atoms with van der Waals surface area (Å²) < 4.78 is 3.07. The zero-order chi connectivity index (χ0) is 12.5. The Bertz CT molecular complexity index is 664. The summed E-state index contributed by atoms with van der Waals surface area (Å²) in [6.45, 7) is 0.743. The molecule has 0 aliphatic carbocycles. The lowest BCUT2D eigenvalue weighted by atomic mass is 10.2. The SMILES string of the molecule is O=c1c2sccc2[nH]c(=S)n1CC1CCCCS1. The van der Waals surface area contributed by atoms with Crippen LogP contribution in [0.1, 0.15) is 19.3 Å². The number of aromatic amines is 1. The number of H-pyrrole nitrogens is 1. The van der Waals surface area contributed by atoms with Crippen LogP contribution in [0.15, 0.2) is 16.2 Å². The molecule has 0 amide bonds. The lowest BCUT2D eigenvalue weighted by Crippen LogP contribution is -2.27. The van der Waals surface area contributed by atoms with E-state index in [1.807, 2.05) is 23.2 Å². The standard InChI is InChI=1S/C12H14N2OS3/c15-11-10-9(4-6-18-10)13-12(16)14(11)7-8-3-1-2-5-17-8/h4,6,8H,1-3,5,7H2,(H,13,16). The minimum atomic E-state index is 0.0647. The van der Waals surface area contributed by atoms with Gasteiger partial charge in [-0.2, -0.15) is 11.8 Å². The van der Waals surface area contributed by atoms with E-state index < -0.39 is 0 Å². The lowest BCUT2D eigenvalue weighted by molar-refractivity contribution is 0.565. The average Bonchev–Trinajstić information content (AvgIpc) is 2.84. The highest BCUT2D eigenvalue weighted by Crippen LogP contribution is 2.26. The molecule has 0 bridgehead atoms. The molecule has 1 saturated heterocycles. The van der Waals surface area contributed by atoms with Gasteiger partial charge in [0.1, 0.15) is 4.70 Å². The Balaban J connectivity index is 2.00. The van der Waals surface area contributed by atoms with Gasteiger partial charge in [0.05, 0.1) is 5.52 Å². The number of thioether (sulfide) groups is 1. The predicted octanol–water partition coefficient (Wildman–Crippen LogP) is 3.41. The average molecular weight is 298 g/mol. The fourth-order valence-corrected chi connectivity index (χ4v) is 4.65. The van der Waals surface area contributed by atoms with Crippen molar-refractivity contribution in [2.75, 3.05) is 5.75 Å². The Hall–Kier alpha value is -0.590. The van der Waals surface area contributed by atoms with Gasteiger partial charge in [-0.3, -0.25) is 9.36 Å². The summed E-state index contributed by atoms with van der Waals surface area (Å²) >= 11 is 8.75. The Morgan fingerprint density at radius 1 is 1.50 bits per heavy atom. The van der Waals surface area contributed by atoms with Gasteiger partial charge in [-0.25, -0.2) is 0 Å². The molecule has 1 aliphatic heterocycles. The van der Waals surface area contributed by atoms with Crippen LogP contribution in [0.25, 0.3) is 10.2 Å². The first-order valence-corrected chi connectivity index (χ1v) is 8.41. The Labute approximate surface area is 118 Å². The van der Waals surface area contributed by atoms with Crippen LogP contribution in [0.5, 0.6) is 0 Å². The summed E-state index contributed by atoms with van der Waals surface area (Å²) in [6.07, 6.45) is 3.76. The maximum Gasteiger partial charge on any atom is 0.272 e. The summed E-state index contributed by atoms with van der Waals surface area (Å²) in [7, 11) is 0. The van der Waals surface area contributed by atoms with E-state index in [2.05, 4.69) is 4.98 Å². The second kappa shape index (κ2) is 5.19. The molecular weight excluding hydrogens is 284 g/mol. The van der Waals surface area contributed by atoms with Crippen LogP contribution in [0, 0.1) is 4.77 Å². The van der Waals surface area contributed by atoms with Crippen molar-refractivity contribution in [1.29, 1.82) is 0 Å². The molecule has 0 saturated carbocycles. The van der Waals surface area contributed by atoms with E-state index >= 15 is 0 Å². The predicted molar refractivity (Wildman–Crippen MR) is 81.4 cm³/mol. The molecule has 3 heterocycles. The zero-order valence-corrected chi connectivity index (χ0v) is 12.3. The molecule has 1 unspecified atom stereocenters. The van der Waals surface area contributed by atoms with Gasteiger partial charge >= 0.3 is 0 Å². The summed E-state index contributed by atoms with van der Waals surface area (Å²) in [5.41, 5.74) is 0.928. The maximum absolute atomic E-state index is 12.4. The molecule has 96 valence electrons. The van der Waals surface area contributed by atoms with Gasteiger partial charge in [0.2, 0.25) is 0 Å². The Morgan fingerprint density at radius 3 is 3.17 bits per heavy atom. The molecule has 2 aromatic heterocycles. The topological polar surface area (TPSA) is 37.8 Å². The van der Waals surface area contributed by atoms with Crippen molar-refractivity contribution in [3.05, 3.63) is 26.6 Å². The number of nitrogens with one attached hydrogen (secondary N) is 1. The second-order valence-corrected chi connectivity index (χ2v) is 7.21. The third-order valence-corrected chi connectivity index (χ3v) is 5.86. The number of rotatable bonds is 2. The normalized spacial score (nSPS) is 20.3. The number of fused-ring (bicyclic) bond motifs is 1. The Morgan fingerprint density at radius 2 is 2.39 bits per heavy atom. The quantitative estimate of drug-likeness (QED) is 0.863. The van der Waals surface area contributed by atoms with Crippen LogP contribution in [0.4, 0.5) is 0 Å². The molecule has 2 aromatic rings. The van der Waals surface area contributed by atoms with Crippen molar-refractivity contribution in [3.8, 4) is 0 Å². The van der Waals surface area contributed by atoms with Crippen molar-refractivity contribution < 1.29 is 0 Å². The summed E-state index contributed by atoms with van der Waals surface area (Å²) in [5, 5.41) is 2.46. The zero-order valence-electron chi connectivity index (χ0n) is 9.85. The fourth-order valence-electron chi connectivity index (χ4n) is 2.29. The van der Waals surface area contributed by atoms with Crippen molar-refractivity contribution in [2.45, 2.75) is 31.1 Å². The molecular formula is C12H14N2OS3. The summed E-state index contributed by atoms with van der Waals surface area (Å²) in [5.74, 6) is 1.21. The minimum Gasteiger partial charge on any atom is -0.331 e. The van der Waals surface area contributed by atoms with Gasteiger partial charge in [-0.05, 0) is 42.3 Å². The summed E-state index contributed by atoms with van der Waals surface area (Å²) in [6, 6.07) is 1.91. The maximum atomic E-state index is 12.4. The Kier molecular flexibility index (Phi) is 3.59. The highest BCUT2D eigenvalue weighted by Gasteiger charge is 2.16. The molecule has 1 aliphatic rings. The van der Waals surface area contributed by atoms with E-state index in [1.54, 1.807) is 4.57 Å². The van der Waals surface area contributed by atoms with Gasteiger partial charge in [0.25, 0.3) is 5.56 Å². The van der Waals surface area contributed by atoms with Gasteiger partial charge in [0.15, 0.2) is 4.77 Å².